The van der Waals surface area contributed by atoms with E-state index in [0.717, 1.165) is 21.6 Å². The van der Waals surface area contributed by atoms with Crippen LogP contribution in [0.1, 0.15) is 16.7 Å². The van der Waals surface area contributed by atoms with E-state index in [1.165, 1.54) is 23.9 Å². The molecule has 5 rings (SSSR count). The zero-order valence-corrected chi connectivity index (χ0v) is 22.9. The van der Waals surface area contributed by atoms with Crippen molar-refractivity contribution in [3.63, 3.8) is 0 Å². The SMILES string of the molecule is OC[C@H]1O[C@@H](Sc2ccc(F)cc2)[C@H](OCc2ccccc2)[C@@H](OCc2ccccc2)[C@@H]1OCc1ccccc1. The Hall–Kier alpha value is -3.04. The van der Waals surface area contributed by atoms with Gasteiger partial charge >= 0.3 is 0 Å². The maximum Gasteiger partial charge on any atom is 0.137 e. The molecule has 208 valence electrons. The van der Waals surface area contributed by atoms with Crippen LogP contribution < -0.4 is 0 Å². The number of rotatable bonds is 12. The quantitative estimate of drug-likeness (QED) is 0.217. The number of benzene rings is 4. The lowest BCUT2D eigenvalue weighted by atomic mass is 9.99. The Morgan fingerprint density at radius 2 is 1.05 bits per heavy atom. The molecule has 40 heavy (non-hydrogen) atoms. The summed E-state index contributed by atoms with van der Waals surface area (Å²) in [6, 6.07) is 36.0. The smallest absolute Gasteiger partial charge is 0.137 e. The van der Waals surface area contributed by atoms with Crippen LogP contribution in [0.2, 0.25) is 0 Å². The fourth-order valence-corrected chi connectivity index (χ4v) is 5.76. The van der Waals surface area contributed by atoms with E-state index < -0.39 is 29.9 Å². The lowest BCUT2D eigenvalue weighted by molar-refractivity contribution is -0.251. The van der Waals surface area contributed by atoms with Crippen LogP contribution in [0.15, 0.2) is 120 Å². The molecular formula is C33H33FO5S. The van der Waals surface area contributed by atoms with Crippen molar-refractivity contribution >= 4 is 11.8 Å². The van der Waals surface area contributed by atoms with E-state index in [1.807, 2.05) is 91.0 Å². The average molecular weight is 561 g/mol. The summed E-state index contributed by atoms with van der Waals surface area (Å²) in [6.07, 6.45) is -2.36. The van der Waals surface area contributed by atoms with E-state index in [4.69, 9.17) is 18.9 Å². The van der Waals surface area contributed by atoms with Crippen molar-refractivity contribution in [1.29, 1.82) is 0 Å². The fourth-order valence-electron chi connectivity index (χ4n) is 4.63. The van der Waals surface area contributed by atoms with E-state index in [-0.39, 0.29) is 12.4 Å². The Kier molecular flexibility index (Phi) is 10.4. The highest BCUT2D eigenvalue weighted by Crippen LogP contribution is 2.38. The molecule has 1 heterocycles. The monoisotopic (exact) mass is 560 g/mol. The van der Waals surface area contributed by atoms with Crippen LogP contribution in [0.5, 0.6) is 0 Å². The Labute approximate surface area is 238 Å². The summed E-state index contributed by atoms with van der Waals surface area (Å²) < 4.78 is 39.6. The molecule has 1 aliphatic rings. The van der Waals surface area contributed by atoms with Gasteiger partial charge in [0.1, 0.15) is 35.7 Å². The second kappa shape index (κ2) is 14.6. The van der Waals surface area contributed by atoms with Crippen molar-refractivity contribution in [2.45, 2.75) is 54.6 Å². The van der Waals surface area contributed by atoms with E-state index in [0.29, 0.717) is 19.8 Å². The first-order valence-electron chi connectivity index (χ1n) is 13.3. The lowest BCUT2D eigenvalue weighted by Crippen LogP contribution is -2.60. The zero-order chi connectivity index (χ0) is 27.6. The van der Waals surface area contributed by atoms with Crippen molar-refractivity contribution in [2.24, 2.45) is 0 Å². The molecule has 1 N–H and O–H groups in total. The highest BCUT2D eigenvalue weighted by molar-refractivity contribution is 7.99. The maximum absolute atomic E-state index is 13.6. The molecule has 5 atom stereocenters. The van der Waals surface area contributed by atoms with Gasteiger partial charge in [-0.1, -0.05) is 103 Å². The summed E-state index contributed by atoms with van der Waals surface area (Å²) in [5.41, 5.74) is 2.50. The summed E-state index contributed by atoms with van der Waals surface area (Å²) in [4.78, 5) is 0.821. The van der Waals surface area contributed by atoms with Crippen LogP contribution in [0.4, 0.5) is 4.39 Å². The molecule has 5 nitrogen and oxygen atoms in total. The van der Waals surface area contributed by atoms with E-state index in [2.05, 4.69) is 0 Å². The van der Waals surface area contributed by atoms with E-state index in [9.17, 15) is 9.50 Å². The van der Waals surface area contributed by atoms with Crippen molar-refractivity contribution < 1.29 is 28.4 Å². The molecule has 4 aromatic carbocycles. The molecule has 4 aromatic rings. The summed E-state index contributed by atoms with van der Waals surface area (Å²) in [7, 11) is 0. The number of thioether (sulfide) groups is 1. The molecule has 1 aliphatic heterocycles. The van der Waals surface area contributed by atoms with Gasteiger partial charge in [-0.2, -0.15) is 0 Å². The highest BCUT2D eigenvalue weighted by Gasteiger charge is 2.48. The summed E-state index contributed by atoms with van der Waals surface area (Å²) in [6.45, 7) is 0.762. The van der Waals surface area contributed by atoms with Crippen LogP contribution in [0.25, 0.3) is 0 Å². The first-order valence-corrected chi connectivity index (χ1v) is 14.2. The third kappa shape index (κ3) is 7.79. The van der Waals surface area contributed by atoms with Gasteiger partial charge in [-0.15, -0.1) is 0 Å². The van der Waals surface area contributed by atoms with Crippen LogP contribution in [0, 0.1) is 5.82 Å². The average Bonchev–Trinajstić information content (AvgIpc) is 3.01. The van der Waals surface area contributed by atoms with Gasteiger partial charge in [-0.25, -0.2) is 4.39 Å². The number of hydrogen-bond donors (Lipinski definition) is 1. The number of aliphatic hydroxyl groups excluding tert-OH is 1. The zero-order valence-electron chi connectivity index (χ0n) is 22.1. The standard InChI is InChI=1S/C33H33FO5S/c34-27-16-18-28(19-17-27)40-33-32(38-23-26-14-8-3-9-15-26)31(37-22-25-12-6-2-7-13-25)30(29(20-35)39-33)36-21-24-10-4-1-5-11-24/h1-19,29-33,35H,20-23H2/t29-,30-,31+,32-,33+/m1/s1. The predicted molar refractivity (Wildman–Crippen MR) is 153 cm³/mol. The lowest BCUT2D eigenvalue weighted by Gasteiger charge is -2.45. The topological polar surface area (TPSA) is 57.2 Å². The summed E-state index contributed by atoms with van der Waals surface area (Å²) in [5, 5.41) is 10.4. The molecule has 0 amide bonds. The first kappa shape index (κ1) is 28.5. The molecule has 1 fully saturated rings. The Balaban J connectivity index is 1.44. The minimum atomic E-state index is -0.654. The number of aliphatic hydroxyl groups is 1. The van der Waals surface area contributed by atoms with Crippen molar-refractivity contribution in [3.05, 3.63) is 138 Å². The third-order valence-electron chi connectivity index (χ3n) is 6.69. The number of ether oxygens (including phenoxy) is 4. The minimum Gasteiger partial charge on any atom is -0.394 e. The Morgan fingerprint density at radius 3 is 1.52 bits per heavy atom. The van der Waals surface area contributed by atoms with Crippen molar-refractivity contribution in [1.82, 2.24) is 0 Å². The third-order valence-corrected chi connectivity index (χ3v) is 7.85. The van der Waals surface area contributed by atoms with Gasteiger partial charge in [0, 0.05) is 4.90 Å². The predicted octanol–water partition coefficient (Wildman–Crippen LogP) is 6.39. The second-order valence-corrected chi connectivity index (χ2v) is 10.8. The Morgan fingerprint density at radius 1 is 0.600 bits per heavy atom. The van der Waals surface area contributed by atoms with Gasteiger partial charge in [0.15, 0.2) is 0 Å². The van der Waals surface area contributed by atoms with E-state index in [1.54, 1.807) is 12.1 Å². The minimum absolute atomic E-state index is 0.253. The van der Waals surface area contributed by atoms with Gasteiger partial charge < -0.3 is 24.1 Å². The molecule has 1 saturated heterocycles. The summed E-state index contributed by atoms with van der Waals surface area (Å²) >= 11 is 1.42. The second-order valence-electron chi connectivity index (χ2n) is 9.58. The van der Waals surface area contributed by atoms with Crippen molar-refractivity contribution in [3.8, 4) is 0 Å². The van der Waals surface area contributed by atoms with Crippen LogP contribution in [-0.4, -0.2) is 41.6 Å². The molecule has 0 radical (unpaired) electrons. The molecule has 0 spiro atoms. The van der Waals surface area contributed by atoms with E-state index >= 15 is 0 Å². The number of hydrogen-bond acceptors (Lipinski definition) is 6. The Bertz CT molecular complexity index is 1280. The molecule has 0 unspecified atom stereocenters. The van der Waals surface area contributed by atoms with Crippen molar-refractivity contribution in [2.75, 3.05) is 6.61 Å². The normalized spacial score (nSPS) is 22.7. The fraction of sp³-hybridized carbons (Fsp3) is 0.273. The summed E-state index contributed by atoms with van der Waals surface area (Å²) in [5.74, 6) is -0.308. The van der Waals surface area contributed by atoms with Gasteiger partial charge in [0.2, 0.25) is 0 Å². The van der Waals surface area contributed by atoms with Gasteiger partial charge in [-0.3, -0.25) is 0 Å². The van der Waals surface area contributed by atoms with Gasteiger partial charge in [0.25, 0.3) is 0 Å². The molecule has 7 heteroatoms. The molecular weight excluding hydrogens is 527 g/mol. The van der Waals surface area contributed by atoms with Crippen LogP contribution in [0.3, 0.4) is 0 Å². The van der Waals surface area contributed by atoms with Gasteiger partial charge in [0.05, 0.1) is 26.4 Å². The molecule has 0 bridgehead atoms. The largest absolute Gasteiger partial charge is 0.394 e. The number of halogens is 1. The van der Waals surface area contributed by atoms with Crippen LogP contribution >= 0.6 is 11.8 Å². The highest BCUT2D eigenvalue weighted by atomic mass is 32.2. The molecule has 0 saturated carbocycles. The van der Waals surface area contributed by atoms with Crippen LogP contribution in [-0.2, 0) is 38.8 Å². The molecule has 0 aromatic heterocycles. The molecule has 0 aliphatic carbocycles. The maximum atomic E-state index is 13.6. The van der Waals surface area contributed by atoms with Gasteiger partial charge in [-0.05, 0) is 41.0 Å². The first-order chi connectivity index (χ1) is 19.7.